The number of imidazole rings is 1. The molecular weight excluding hydrogens is 400 g/mol. The van der Waals surface area contributed by atoms with Gasteiger partial charge in [0.25, 0.3) is 0 Å². The number of rotatable bonds is 6. The first-order valence-corrected chi connectivity index (χ1v) is 12.1. The molecule has 1 aromatic carbocycles. The molecule has 2 atom stereocenters. The van der Waals surface area contributed by atoms with E-state index in [9.17, 15) is 4.79 Å². The maximum Gasteiger partial charge on any atom is 0.223 e. The van der Waals surface area contributed by atoms with Crippen LogP contribution in [0.15, 0.2) is 30.4 Å². The molecule has 1 saturated heterocycles. The molecule has 2 aliphatic carbocycles. The molecule has 0 radical (unpaired) electrons. The number of carbonyl (C=O) groups is 1. The van der Waals surface area contributed by atoms with Crippen LogP contribution in [-0.2, 0) is 9.53 Å². The number of hydrogen-bond donors (Lipinski definition) is 1. The molecule has 3 aliphatic rings. The van der Waals surface area contributed by atoms with Crippen LogP contribution in [0.25, 0.3) is 16.7 Å². The summed E-state index contributed by atoms with van der Waals surface area (Å²) in [6, 6.07) is 4.60. The van der Waals surface area contributed by atoms with Crippen molar-refractivity contribution in [2.24, 2.45) is 5.92 Å². The molecule has 2 fully saturated rings. The largest absolute Gasteiger partial charge is 0.376 e. The normalized spacial score (nSPS) is 23.5. The Morgan fingerprint density at radius 1 is 1.16 bits per heavy atom. The fraction of sp³-hybridized carbons (Fsp3) is 0.538. The van der Waals surface area contributed by atoms with Crippen molar-refractivity contribution < 1.29 is 9.53 Å². The number of nitrogens with zero attached hydrogens (tertiary/aromatic N) is 3. The molecule has 32 heavy (non-hydrogen) atoms. The van der Waals surface area contributed by atoms with Crippen molar-refractivity contribution in [3.63, 3.8) is 0 Å². The second-order valence-corrected chi connectivity index (χ2v) is 9.42. The van der Waals surface area contributed by atoms with Gasteiger partial charge in [-0.2, -0.15) is 0 Å². The van der Waals surface area contributed by atoms with Crippen molar-refractivity contribution in [3.05, 3.63) is 41.5 Å². The third-order valence-corrected chi connectivity index (χ3v) is 7.35. The Bertz CT molecular complexity index is 1080. The monoisotopic (exact) mass is 434 g/mol. The van der Waals surface area contributed by atoms with Crippen LogP contribution >= 0.6 is 0 Å². The molecule has 1 N–H and O–H groups in total. The van der Waals surface area contributed by atoms with Gasteiger partial charge in [-0.1, -0.05) is 6.08 Å². The number of aromatic nitrogens is 2. The van der Waals surface area contributed by atoms with Gasteiger partial charge >= 0.3 is 0 Å². The Kier molecular flexibility index (Phi) is 5.80. The third-order valence-electron chi connectivity index (χ3n) is 7.35. The van der Waals surface area contributed by atoms with Gasteiger partial charge < -0.3 is 15.0 Å². The number of fused-ring (bicyclic) bond motifs is 1. The summed E-state index contributed by atoms with van der Waals surface area (Å²) in [5, 5.41) is 3.30. The number of nitrogens with one attached hydrogen (secondary N) is 1. The van der Waals surface area contributed by atoms with Gasteiger partial charge in [-0.3, -0.25) is 9.36 Å². The molecule has 1 saturated carbocycles. The van der Waals surface area contributed by atoms with Crippen molar-refractivity contribution in [3.8, 4) is 0 Å². The fourth-order valence-corrected chi connectivity index (χ4v) is 5.26. The average Bonchev–Trinajstić information content (AvgIpc) is 3.33. The van der Waals surface area contributed by atoms with E-state index in [1.54, 1.807) is 0 Å². The average molecular weight is 435 g/mol. The maximum atomic E-state index is 13.0. The second-order valence-electron chi connectivity index (χ2n) is 9.42. The smallest absolute Gasteiger partial charge is 0.223 e. The van der Waals surface area contributed by atoms with Gasteiger partial charge in [0.1, 0.15) is 0 Å². The quantitative estimate of drug-likeness (QED) is 0.734. The van der Waals surface area contributed by atoms with Crippen molar-refractivity contribution in [1.29, 1.82) is 0 Å². The van der Waals surface area contributed by atoms with Crippen LogP contribution in [0.4, 0.5) is 5.95 Å². The summed E-state index contributed by atoms with van der Waals surface area (Å²) in [7, 11) is 0. The minimum atomic E-state index is 0.0688. The van der Waals surface area contributed by atoms with E-state index in [0.29, 0.717) is 6.61 Å². The topological polar surface area (TPSA) is 59.4 Å². The SMILES string of the molecule is CCO[C@H]1CCCC1NC(=O)C1CCN(c2nc3cc(C)c(C)cc3n2C2=CC=C2)CC1. The first-order chi connectivity index (χ1) is 15.5. The van der Waals surface area contributed by atoms with Crippen LogP contribution in [0.2, 0.25) is 0 Å². The predicted molar refractivity (Wildman–Crippen MR) is 129 cm³/mol. The first-order valence-electron chi connectivity index (χ1n) is 12.1. The van der Waals surface area contributed by atoms with Gasteiger partial charge in [-0.25, -0.2) is 4.98 Å². The van der Waals surface area contributed by atoms with E-state index in [4.69, 9.17) is 9.72 Å². The minimum Gasteiger partial charge on any atom is -0.376 e. The van der Waals surface area contributed by atoms with Gasteiger partial charge in [-0.05, 0) is 88.3 Å². The van der Waals surface area contributed by atoms with Crippen LogP contribution in [0.1, 0.15) is 50.2 Å². The molecule has 0 bridgehead atoms. The fourth-order valence-electron chi connectivity index (χ4n) is 5.26. The number of carbonyl (C=O) groups excluding carboxylic acids is 1. The second kappa shape index (κ2) is 8.74. The van der Waals surface area contributed by atoms with E-state index in [2.05, 4.69) is 59.0 Å². The predicted octanol–water partition coefficient (Wildman–Crippen LogP) is 4.35. The molecule has 6 nitrogen and oxygen atoms in total. The van der Waals surface area contributed by atoms with E-state index in [-0.39, 0.29) is 24.0 Å². The van der Waals surface area contributed by atoms with E-state index in [0.717, 1.165) is 62.2 Å². The third kappa shape index (κ3) is 3.85. The summed E-state index contributed by atoms with van der Waals surface area (Å²) < 4.78 is 8.10. The summed E-state index contributed by atoms with van der Waals surface area (Å²) >= 11 is 0. The molecule has 170 valence electrons. The zero-order valence-electron chi connectivity index (χ0n) is 19.4. The number of hydrogen-bond acceptors (Lipinski definition) is 4. The standard InChI is InChI=1S/C26H34N4O2/c1-4-32-24-10-6-9-21(24)27-25(31)19-11-13-29(14-12-19)26-28-22-15-17(2)18(3)16-23(22)30(26)20-7-5-8-20/h5,7-8,15-16,19,21,24H,4,6,9-14H2,1-3H3,(H,27,31)/t21?,24-/m0/s1. The number of benzene rings is 1. The number of piperidine rings is 1. The van der Waals surface area contributed by atoms with Crippen molar-refractivity contribution in [2.75, 3.05) is 24.6 Å². The number of amides is 1. The van der Waals surface area contributed by atoms with Gasteiger partial charge in [0.15, 0.2) is 0 Å². The lowest BCUT2D eigenvalue weighted by molar-refractivity contribution is -0.127. The van der Waals surface area contributed by atoms with Gasteiger partial charge in [0.05, 0.1) is 23.2 Å². The van der Waals surface area contributed by atoms with Crippen LogP contribution in [0, 0.1) is 19.8 Å². The van der Waals surface area contributed by atoms with Crippen molar-refractivity contribution in [1.82, 2.24) is 14.9 Å². The molecule has 5 rings (SSSR count). The summed E-state index contributed by atoms with van der Waals surface area (Å²) in [6.45, 7) is 8.72. The van der Waals surface area contributed by atoms with Gasteiger partial charge in [-0.15, -0.1) is 0 Å². The first kappa shape index (κ1) is 21.3. The Labute approximate surface area is 190 Å². The Hall–Kier alpha value is -2.60. The Morgan fingerprint density at radius 2 is 1.91 bits per heavy atom. The molecule has 2 aromatic rings. The van der Waals surface area contributed by atoms with E-state index in [1.165, 1.54) is 16.8 Å². The highest BCUT2D eigenvalue weighted by atomic mass is 16.5. The molecule has 0 spiro atoms. The highest BCUT2D eigenvalue weighted by molar-refractivity contribution is 5.88. The summed E-state index contributed by atoms with van der Waals surface area (Å²) in [5.74, 6) is 1.26. The van der Waals surface area contributed by atoms with Crippen LogP contribution in [0.5, 0.6) is 0 Å². The highest BCUT2D eigenvalue weighted by Crippen LogP contribution is 2.33. The van der Waals surface area contributed by atoms with Crippen molar-refractivity contribution >= 4 is 28.6 Å². The molecule has 1 aliphatic heterocycles. The zero-order valence-corrected chi connectivity index (χ0v) is 19.4. The van der Waals surface area contributed by atoms with E-state index < -0.39 is 0 Å². The van der Waals surface area contributed by atoms with Crippen LogP contribution in [-0.4, -0.2) is 47.3 Å². The maximum absolute atomic E-state index is 13.0. The minimum absolute atomic E-state index is 0.0688. The Morgan fingerprint density at radius 3 is 2.59 bits per heavy atom. The number of allylic oxidation sites excluding steroid dienone is 4. The lowest BCUT2D eigenvalue weighted by Crippen LogP contribution is -2.47. The number of ether oxygens (including phenoxy) is 1. The summed E-state index contributed by atoms with van der Waals surface area (Å²) in [4.78, 5) is 20.3. The summed E-state index contributed by atoms with van der Waals surface area (Å²) in [5.41, 5.74) is 5.91. The van der Waals surface area contributed by atoms with Gasteiger partial charge in [0.2, 0.25) is 11.9 Å². The summed E-state index contributed by atoms with van der Waals surface area (Å²) in [6.07, 6.45) is 11.4. The molecule has 6 heteroatoms. The van der Waals surface area contributed by atoms with E-state index in [1.807, 2.05) is 6.92 Å². The molecule has 2 heterocycles. The zero-order chi connectivity index (χ0) is 22.2. The van der Waals surface area contributed by atoms with Crippen molar-refractivity contribution in [2.45, 2.75) is 65.0 Å². The van der Waals surface area contributed by atoms with Crippen LogP contribution < -0.4 is 10.2 Å². The lowest BCUT2D eigenvalue weighted by atomic mass is 9.95. The molecule has 1 unspecified atom stereocenters. The highest BCUT2D eigenvalue weighted by Gasteiger charge is 2.33. The molecular formula is C26H34N4O2. The molecule has 1 aromatic heterocycles. The molecule has 1 amide bonds. The lowest BCUT2D eigenvalue weighted by Gasteiger charge is -2.33. The van der Waals surface area contributed by atoms with Crippen LogP contribution in [0.3, 0.4) is 0 Å². The van der Waals surface area contributed by atoms with E-state index >= 15 is 0 Å². The number of aryl methyl sites for hydroxylation is 2. The Balaban J connectivity index is 1.30. The number of anilines is 1. The van der Waals surface area contributed by atoms with Gasteiger partial charge in [0, 0.05) is 31.3 Å².